The lowest BCUT2D eigenvalue weighted by atomic mass is 10.1. The predicted molar refractivity (Wildman–Crippen MR) is 171 cm³/mol. The van der Waals surface area contributed by atoms with Crippen LogP contribution >= 0.6 is 0 Å². The smallest absolute Gasteiger partial charge is 0.251 e. The molecule has 2 aliphatic heterocycles. The van der Waals surface area contributed by atoms with Gasteiger partial charge in [-0.05, 0) is 85.6 Å². The highest BCUT2D eigenvalue weighted by Crippen LogP contribution is 2.30. The van der Waals surface area contributed by atoms with Gasteiger partial charge in [0.15, 0.2) is 23.0 Å². The Morgan fingerprint density at radius 1 is 0.565 bits per heavy atom. The lowest BCUT2D eigenvalue weighted by molar-refractivity contribution is -0.123. The molecular weight excluding hydrogens is 592 g/mol. The third-order valence-corrected chi connectivity index (χ3v) is 8.16. The van der Waals surface area contributed by atoms with Crippen molar-refractivity contribution < 1.29 is 38.1 Å². The number of ether oxygens (including phenoxy) is 4. The van der Waals surface area contributed by atoms with E-state index in [1.165, 1.54) is 0 Å². The highest BCUT2D eigenvalue weighted by molar-refractivity contribution is 6.24. The van der Waals surface area contributed by atoms with E-state index in [1.54, 1.807) is 52.7 Å². The second-order valence-electron chi connectivity index (χ2n) is 11.0. The molecule has 0 aliphatic carbocycles. The summed E-state index contributed by atoms with van der Waals surface area (Å²) in [6.45, 7) is 0.962. The molecule has 12 heteroatoms. The van der Waals surface area contributed by atoms with Crippen molar-refractivity contribution in [2.45, 2.75) is 37.8 Å². The van der Waals surface area contributed by atoms with E-state index in [0.717, 1.165) is 20.9 Å². The number of benzene rings is 3. The molecule has 2 aliphatic rings. The summed E-state index contributed by atoms with van der Waals surface area (Å²) in [6.07, 6.45) is 1.31. The Labute approximate surface area is 267 Å². The van der Waals surface area contributed by atoms with Gasteiger partial charge >= 0.3 is 0 Å². The average Bonchev–Trinajstić information content (AvgIpc) is 3.52. The summed E-state index contributed by atoms with van der Waals surface area (Å²) in [4.78, 5) is 54.3. The number of carbonyl (C=O) groups excluding carboxylic acids is 4. The second kappa shape index (κ2) is 14.4. The van der Waals surface area contributed by atoms with Crippen LogP contribution in [0.3, 0.4) is 0 Å². The van der Waals surface area contributed by atoms with Crippen LogP contribution in [0.4, 0.5) is 11.4 Å². The van der Waals surface area contributed by atoms with Crippen LogP contribution in [0.1, 0.15) is 24.0 Å². The second-order valence-corrected chi connectivity index (χ2v) is 11.0. The number of imide groups is 2. The lowest BCUT2D eigenvalue weighted by Gasteiger charge is -2.19. The van der Waals surface area contributed by atoms with Crippen LogP contribution in [0.15, 0.2) is 60.7 Å². The Kier molecular flexibility index (Phi) is 10.2. The molecule has 2 fully saturated rings. The number of methoxy groups -OCH3 is 4. The van der Waals surface area contributed by atoms with Gasteiger partial charge in [0.05, 0.1) is 64.7 Å². The van der Waals surface area contributed by atoms with E-state index in [1.807, 2.05) is 36.4 Å². The maximum atomic E-state index is 13.2. The van der Waals surface area contributed by atoms with Crippen molar-refractivity contribution in [2.75, 3.05) is 51.3 Å². The molecule has 0 spiro atoms. The van der Waals surface area contributed by atoms with Crippen molar-refractivity contribution in [3.05, 3.63) is 71.8 Å². The van der Waals surface area contributed by atoms with Crippen LogP contribution in [-0.2, 0) is 32.0 Å². The molecule has 2 atom stereocenters. The summed E-state index contributed by atoms with van der Waals surface area (Å²) in [5.74, 6) is 1.16. The minimum Gasteiger partial charge on any atom is -0.493 e. The monoisotopic (exact) mass is 630 g/mol. The van der Waals surface area contributed by atoms with Crippen molar-refractivity contribution >= 4 is 35.0 Å². The molecular formula is C34H38N4O8. The van der Waals surface area contributed by atoms with Gasteiger partial charge in [0.25, 0.3) is 11.8 Å². The largest absolute Gasteiger partial charge is 0.493 e. The summed E-state index contributed by atoms with van der Waals surface area (Å²) >= 11 is 0. The topological polar surface area (TPSA) is 136 Å². The summed E-state index contributed by atoms with van der Waals surface area (Å²) in [5.41, 5.74) is 2.75. The predicted octanol–water partition coefficient (Wildman–Crippen LogP) is 2.65. The molecule has 2 unspecified atom stereocenters. The Bertz CT molecular complexity index is 1490. The quantitative estimate of drug-likeness (QED) is 0.256. The summed E-state index contributed by atoms with van der Waals surface area (Å²) < 4.78 is 21.3. The maximum Gasteiger partial charge on any atom is 0.251 e. The Morgan fingerprint density at radius 3 is 1.28 bits per heavy atom. The number of hydrogen-bond acceptors (Lipinski definition) is 10. The van der Waals surface area contributed by atoms with Gasteiger partial charge in [-0.1, -0.05) is 12.1 Å². The third-order valence-electron chi connectivity index (χ3n) is 8.16. The van der Waals surface area contributed by atoms with E-state index in [2.05, 4.69) is 10.6 Å². The average molecular weight is 631 g/mol. The number of anilines is 2. The van der Waals surface area contributed by atoms with Gasteiger partial charge in [-0.15, -0.1) is 0 Å². The highest BCUT2D eigenvalue weighted by Gasteiger charge is 2.41. The highest BCUT2D eigenvalue weighted by atomic mass is 16.5. The molecule has 4 amide bonds. The van der Waals surface area contributed by atoms with Crippen LogP contribution in [0.5, 0.6) is 23.0 Å². The van der Waals surface area contributed by atoms with E-state index in [0.29, 0.717) is 60.3 Å². The Hall–Kier alpha value is -4.94. The molecule has 46 heavy (non-hydrogen) atoms. The molecule has 2 N–H and O–H groups in total. The SMILES string of the molecule is COc1ccc(CCNC2CC(=O)N(c3ccc(N4C(=O)CC(NCCc5ccc(OC)c(OC)c5)C4=O)cc3)C2=O)cc1OC. The number of rotatable bonds is 14. The van der Waals surface area contributed by atoms with E-state index in [-0.39, 0.29) is 36.5 Å². The number of carbonyl (C=O) groups is 4. The summed E-state index contributed by atoms with van der Waals surface area (Å²) in [7, 11) is 6.29. The minimum absolute atomic E-state index is 0.0340. The van der Waals surface area contributed by atoms with E-state index >= 15 is 0 Å². The van der Waals surface area contributed by atoms with Crippen LogP contribution in [0.2, 0.25) is 0 Å². The van der Waals surface area contributed by atoms with Gasteiger partial charge < -0.3 is 29.6 Å². The van der Waals surface area contributed by atoms with Gasteiger partial charge in [0, 0.05) is 0 Å². The molecule has 0 bridgehead atoms. The number of nitrogens with one attached hydrogen (secondary N) is 2. The van der Waals surface area contributed by atoms with Crippen molar-refractivity contribution in [3.63, 3.8) is 0 Å². The first-order chi connectivity index (χ1) is 22.3. The molecule has 2 saturated heterocycles. The minimum atomic E-state index is -0.653. The normalized spacial score (nSPS) is 18.0. The number of nitrogens with zero attached hydrogens (tertiary/aromatic N) is 2. The fourth-order valence-electron chi connectivity index (χ4n) is 5.73. The number of amides is 4. The van der Waals surface area contributed by atoms with Gasteiger partial charge in [-0.25, -0.2) is 9.80 Å². The van der Waals surface area contributed by atoms with E-state index < -0.39 is 12.1 Å². The molecule has 0 saturated carbocycles. The molecule has 3 aromatic carbocycles. The van der Waals surface area contributed by atoms with Crippen molar-refractivity contribution in [2.24, 2.45) is 0 Å². The molecule has 0 aromatic heterocycles. The first-order valence-electron chi connectivity index (χ1n) is 15.0. The fraction of sp³-hybridized carbons (Fsp3) is 0.353. The van der Waals surface area contributed by atoms with Gasteiger partial charge in [0.2, 0.25) is 11.8 Å². The van der Waals surface area contributed by atoms with E-state index in [4.69, 9.17) is 18.9 Å². The van der Waals surface area contributed by atoms with Crippen LogP contribution in [0, 0.1) is 0 Å². The standard InChI is InChI=1S/C34H38N4O8/c1-43-27-11-5-21(17-29(27)45-3)13-15-35-25-19-31(39)37(33(25)41)23-7-9-24(10-8-23)38-32(40)20-26(34(38)42)36-16-14-22-6-12-28(44-2)30(18-22)46-4/h5-12,17-18,25-26,35-36H,13-16,19-20H2,1-4H3. The number of hydrogen-bond donors (Lipinski definition) is 2. The Morgan fingerprint density at radius 2 is 0.935 bits per heavy atom. The van der Waals surface area contributed by atoms with Crippen molar-refractivity contribution in [1.82, 2.24) is 10.6 Å². The lowest BCUT2D eigenvalue weighted by Crippen LogP contribution is -2.40. The van der Waals surface area contributed by atoms with Gasteiger partial charge in [0.1, 0.15) is 0 Å². The van der Waals surface area contributed by atoms with Gasteiger partial charge in [-0.3, -0.25) is 19.2 Å². The maximum absolute atomic E-state index is 13.2. The summed E-state index contributed by atoms with van der Waals surface area (Å²) in [5, 5.41) is 6.37. The van der Waals surface area contributed by atoms with Crippen LogP contribution in [0.25, 0.3) is 0 Å². The first kappa shape index (κ1) is 32.5. The molecule has 5 rings (SSSR count). The Balaban J connectivity index is 1.15. The van der Waals surface area contributed by atoms with Gasteiger partial charge in [-0.2, -0.15) is 0 Å². The molecule has 2 heterocycles. The third kappa shape index (κ3) is 6.82. The van der Waals surface area contributed by atoms with E-state index in [9.17, 15) is 19.2 Å². The molecule has 3 aromatic rings. The zero-order valence-corrected chi connectivity index (χ0v) is 26.3. The molecule has 12 nitrogen and oxygen atoms in total. The zero-order chi connectivity index (χ0) is 32.8. The fourth-order valence-corrected chi connectivity index (χ4v) is 5.73. The van der Waals surface area contributed by atoms with Crippen molar-refractivity contribution in [1.29, 1.82) is 0 Å². The van der Waals surface area contributed by atoms with Crippen LogP contribution in [-0.4, -0.2) is 77.2 Å². The van der Waals surface area contributed by atoms with Crippen molar-refractivity contribution in [3.8, 4) is 23.0 Å². The summed E-state index contributed by atoms with van der Waals surface area (Å²) in [6, 6.07) is 16.3. The molecule has 242 valence electrons. The zero-order valence-electron chi connectivity index (χ0n) is 26.3. The first-order valence-corrected chi connectivity index (χ1v) is 15.0. The molecule has 0 radical (unpaired) electrons. The van der Waals surface area contributed by atoms with Crippen LogP contribution < -0.4 is 39.4 Å².